The number of alkyl halides is 2. The molecule has 0 aliphatic rings. The summed E-state index contributed by atoms with van der Waals surface area (Å²) >= 11 is 0. The minimum Gasteiger partial charge on any atom is -0.435 e. The zero-order valence-electron chi connectivity index (χ0n) is 17.7. The van der Waals surface area contributed by atoms with Crippen LogP contribution in [-0.4, -0.2) is 36.6 Å². The van der Waals surface area contributed by atoms with Crippen molar-refractivity contribution in [3.8, 4) is 17.1 Å². The molecule has 13 heteroatoms. The van der Waals surface area contributed by atoms with E-state index in [0.717, 1.165) is 4.57 Å². The molecule has 33 heavy (non-hydrogen) atoms. The molecule has 1 N–H and O–H groups in total. The van der Waals surface area contributed by atoms with Gasteiger partial charge in [0, 0.05) is 32.8 Å². The number of rotatable bonds is 6. The molecule has 0 unspecified atom stereocenters. The van der Waals surface area contributed by atoms with Gasteiger partial charge in [0.2, 0.25) is 5.91 Å². The van der Waals surface area contributed by atoms with Gasteiger partial charge in [-0.25, -0.2) is 4.79 Å². The number of aryl methyl sites for hydroxylation is 2. The van der Waals surface area contributed by atoms with Gasteiger partial charge < -0.3 is 14.6 Å². The van der Waals surface area contributed by atoms with Crippen LogP contribution in [0.3, 0.4) is 0 Å². The first kappa shape index (κ1) is 21.9. The van der Waals surface area contributed by atoms with Gasteiger partial charge in [0.25, 0.3) is 5.56 Å². The predicted octanol–water partition coefficient (Wildman–Crippen LogP) is 1.41. The highest BCUT2D eigenvalue weighted by atomic mass is 19.3. The summed E-state index contributed by atoms with van der Waals surface area (Å²) in [5.41, 5.74) is -0.0300. The second-order valence-electron chi connectivity index (χ2n) is 7.18. The van der Waals surface area contributed by atoms with Gasteiger partial charge in [0.15, 0.2) is 17.2 Å². The SMILES string of the molecule is Cn1nc2c(c1CC(=O)Nc1cc(-c3ccc(OC(F)F)cc3)on1)c(=O)n(C)c(=O)n2C. The molecule has 0 saturated carbocycles. The van der Waals surface area contributed by atoms with Crippen molar-refractivity contribution in [2.75, 3.05) is 5.32 Å². The second-order valence-corrected chi connectivity index (χ2v) is 7.18. The summed E-state index contributed by atoms with van der Waals surface area (Å²) < 4.78 is 37.6. The maximum absolute atomic E-state index is 12.6. The summed E-state index contributed by atoms with van der Waals surface area (Å²) in [6.45, 7) is -2.93. The molecule has 3 aromatic heterocycles. The summed E-state index contributed by atoms with van der Waals surface area (Å²) in [4.78, 5) is 37.3. The molecule has 11 nitrogen and oxygen atoms in total. The third-order valence-corrected chi connectivity index (χ3v) is 5.03. The fourth-order valence-electron chi connectivity index (χ4n) is 3.38. The highest BCUT2D eigenvalue weighted by molar-refractivity contribution is 5.94. The largest absolute Gasteiger partial charge is 0.435 e. The molecule has 0 aliphatic heterocycles. The van der Waals surface area contributed by atoms with E-state index in [4.69, 9.17) is 4.52 Å². The number of fused-ring (bicyclic) bond motifs is 1. The van der Waals surface area contributed by atoms with Gasteiger partial charge in [0.1, 0.15) is 11.1 Å². The van der Waals surface area contributed by atoms with Gasteiger partial charge in [-0.1, -0.05) is 5.16 Å². The zero-order valence-corrected chi connectivity index (χ0v) is 17.7. The number of ether oxygens (including phenoxy) is 1. The van der Waals surface area contributed by atoms with E-state index in [2.05, 4.69) is 20.3 Å². The molecule has 0 fully saturated rings. The van der Waals surface area contributed by atoms with Crippen molar-refractivity contribution in [1.82, 2.24) is 24.1 Å². The van der Waals surface area contributed by atoms with Gasteiger partial charge in [0.05, 0.1) is 12.1 Å². The van der Waals surface area contributed by atoms with Gasteiger partial charge in [-0.15, -0.1) is 0 Å². The van der Waals surface area contributed by atoms with Crippen LogP contribution in [0.15, 0.2) is 44.4 Å². The van der Waals surface area contributed by atoms with E-state index in [0.29, 0.717) is 17.0 Å². The highest BCUT2D eigenvalue weighted by Gasteiger charge is 2.21. The highest BCUT2D eigenvalue weighted by Crippen LogP contribution is 2.25. The summed E-state index contributed by atoms with van der Waals surface area (Å²) in [7, 11) is 4.41. The molecule has 0 spiro atoms. The van der Waals surface area contributed by atoms with Crippen molar-refractivity contribution in [2.45, 2.75) is 13.0 Å². The maximum atomic E-state index is 12.6. The third-order valence-electron chi connectivity index (χ3n) is 5.03. The number of aromatic nitrogens is 5. The third kappa shape index (κ3) is 4.12. The lowest BCUT2D eigenvalue weighted by molar-refractivity contribution is -0.115. The second kappa shape index (κ2) is 8.33. The van der Waals surface area contributed by atoms with Crippen LogP contribution in [0.1, 0.15) is 5.69 Å². The Balaban J connectivity index is 1.53. The minimum absolute atomic E-state index is 0.00571. The molecular formula is C20H18F2N6O5. The summed E-state index contributed by atoms with van der Waals surface area (Å²) in [6.07, 6.45) is -0.206. The molecular weight excluding hydrogens is 442 g/mol. The molecule has 4 rings (SSSR count). The van der Waals surface area contributed by atoms with Crippen molar-refractivity contribution in [1.29, 1.82) is 0 Å². The number of halogens is 2. The van der Waals surface area contributed by atoms with Crippen LogP contribution in [0, 0.1) is 0 Å². The van der Waals surface area contributed by atoms with Gasteiger partial charge >= 0.3 is 12.3 Å². The van der Waals surface area contributed by atoms with E-state index < -0.39 is 23.8 Å². The fraction of sp³-hybridized carbons (Fsp3) is 0.250. The van der Waals surface area contributed by atoms with E-state index in [1.165, 1.54) is 53.7 Å². The number of anilines is 1. The van der Waals surface area contributed by atoms with Crippen molar-refractivity contribution in [3.63, 3.8) is 0 Å². The summed E-state index contributed by atoms with van der Waals surface area (Å²) in [5, 5.41) is 10.7. The Morgan fingerprint density at radius 1 is 1.15 bits per heavy atom. The number of hydrogen-bond acceptors (Lipinski definition) is 7. The first-order valence-corrected chi connectivity index (χ1v) is 9.59. The summed E-state index contributed by atoms with van der Waals surface area (Å²) in [6, 6.07) is 7.18. The average Bonchev–Trinajstić information content (AvgIpc) is 3.36. The van der Waals surface area contributed by atoms with Crippen LogP contribution >= 0.6 is 0 Å². The van der Waals surface area contributed by atoms with Crippen LogP contribution in [0.4, 0.5) is 14.6 Å². The number of nitrogens with one attached hydrogen (secondary N) is 1. The number of hydrogen-bond donors (Lipinski definition) is 1. The maximum Gasteiger partial charge on any atom is 0.387 e. The van der Waals surface area contributed by atoms with E-state index in [1.54, 1.807) is 7.05 Å². The van der Waals surface area contributed by atoms with Crippen LogP contribution in [0.25, 0.3) is 22.4 Å². The monoisotopic (exact) mass is 460 g/mol. The molecule has 0 radical (unpaired) electrons. The quantitative estimate of drug-likeness (QED) is 0.461. The molecule has 4 aromatic rings. The number of benzene rings is 1. The van der Waals surface area contributed by atoms with Crippen LogP contribution in [0.5, 0.6) is 5.75 Å². The Hall–Kier alpha value is -4.29. The molecule has 172 valence electrons. The van der Waals surface area contributed by atoms with E-state index in [1.807, 2.05) is 0 Å². The predicted molar refractivity (Wildman–Crippen MR) is 112 cm³/mol. The number of carbonyl (C=O) groups is 1. The standard InChI is InChI=1S/C20H18F2N6O5/c1-26-17-16(18(30)27(2)20(26)31)12(28(3)24-17)8-15(29)23-14-9-13(33-25-14)10-4-6-11(7-5-10)32-19(21)22/h4-7,9,19H,8H2,1-3H3,(H,23,25,29). The van der Waals surface area contributed by atoms with E-state index in [-0.39, 0.29) is 29.0 Å². The van der Waals surface area contributed by atoms with E-state index >= 15 is 0 Å². The Labute approximate surface area is 183 Å². The first-order valence-electron chi connectivity index (χ1n) is 9.59. The van der Waals surface area contributed by atoms with Crippen molar-refractivity contribution < 1.29 is 22.8 Å². The van der Waals surface area contributed by atoms with Crippen LogP contribution in [0.2, 0.25) is 0 Å². The smallest absolute Gasteiger partial charge is 0.387 e. The number of carbonyl (C=O) groups excluding carboxylic acids is 1. The van der Waals surface area contributed by atoms with Gasteiger partial charge in [-0.2, -0.15) is 13.9 Å². The minimum atomic E-state index is -2.93. The van der Waals surface area contributed by atoms with Gasteiger partial charge in [-0.3, -0.25) is 23.4 Å². The average molecular weight is 460 g/mol. The van der Waals surface area contributed by atoms with E-state index in [9.17, 15) is 23.2 Å². The van der Waals surface area contributed by atoms with Gasteiger partial charge in [-0.05, 0) is 24.3 Å². The normalized spacial score (nSPS) is 11.3. The molecule has 3 heterocycles. The molecule has 0 aliphatic carbocycles. The van der Waals surface area contributed by atoms with Crippen molar-refractivity contribution >= 4 is 22.8 Å². The molecule has 1 amide bonds. The first-order chi connectivity index (χ1) is 15.7. The lowest BCUT2D eigenvalue weighted by Crippen LogP contribution is -2.37. The Bertz CT molecular complexity index is 1470. The summed E-state index contributed by atoms with van der Waals surface area (Å²) in [5.74, 6) is -0.0800. The Morgan fingerprint density at radius 3 is 2.52 bits per heavy atom. The molecule has 0 bridgehead atoms. The fourth-order valence-corrected chi connectivity index (χ4v) is 3.38. The topological polar surface area (TPSA) is 126 Å². The van der Waals surface area contributed by atoms with Crippen molar-refractivity contribution in [2.24, 2.45) is 21.1 Å². The Morgan fingerprint density at radius 2 is 1.85 bits per heavy atom. The number of nitrogens with zero attached hydrogens (tertiary/aromatic N) is 5. The molecule has 0 atom stereocenters. The lowest BCUT2D eigenvalue weighted by Gasteiger charge is -2.04. The van der Waals surface area contributed by atoms with Crippen LogP contribution in [-0.2, 0) is 32.4 Å². The van der Waals surface area contributed by atoms with Crippen LogP contribution < -0.4 is 21.3 Å². The van der Waals surface area contributed by atoms with Crippen molar-refractivity contribution in [3.05, 3.63) is 56.9 Å². The molecule has 1 aromatic carbocycles. The zero-order chi connectivity index (χ0) is 23.9. The lowest BCUT2D eigenvalue weighted by atomic mass is 10.1. The number of amides is 1. The molecule has 0 saturated heterocycles. The Kier molecular flexibility index (Phi) is 5.54.